The molecule has 1 aliphatic heterocycles. The van der Waals surface area contributed by atoms with Crippen molar-refractivity contribution < 1.29 is 13.9 Å². The molecular formula is C8H12FNO2. The Balaban J connectivity index is 2.10. The molecule has 0 aromatic heterocycles. The van der Waals surface area contributed by atoms with E-state index in [1.165, 1.54) is 4.90 Å². The molecule has 2 rings (SSSR count). The minimum absolute atomic E-state index is 0.0104. The van der Waals surface area contributed by atoms with Crippen molar-refractivity contribution >= 4 is 6.09 Å². The second-order valence-corrected chi connectivity index (χ2v) is 3.36. The largest absolute Gasteiger partial charge is 0.444 e. The SMILES string of the molecule is O=C1OC2CCCCC2N1CF. The first-order chi connectivity index (χ1) is 5.83. The number of nitrogens with zero attached hydrogens (tertiary/aromatic N) is 1. The number of ether oxygens (including phenoxy) is 1. The average molecular weight is 173 g/mol. The maximum Gasteiger partial charge on any atom is 0.412 e. The van der Waals surface area contributed by atoms with E-state index in [0.717, 1.165) is 25.7 Å². The number of amides is 1. The molecule has 0 spiro atoms. The maximum absolute atomic E-state index is 12.3. The zero-order valence-corrected chi connectivity index (χ0v) is 6.83. The van der Waals surface area contributed by atoms with Gasteiger partial charge in [0.05, 0.1) is 6.04 Å². The number of carbonyl (C=O) groups is 1. The Kier molecular flexibility index (Phi) is 1.90. The lowest BCUT2D eigenvalue weighted by atomic mass is 9.93. The van der Waals surface area contributed by atoms with Crippen molar-refractivity contribution in [3.8, 4) is 0 Å². The summed E-state index contributed by atoms with van der Waals surface area (Å²) in [6, 6.07) is 0.0104. The summed E-state index contributed by atoms with van der Waals surface area (Å²) < 4.78 is 17.4. The Bertz CT molecular complexity index is 197. The summed E-state index contributed by atoms with van der Waals surface area (Å²) in [5.41, 5.74) is 0. The van der Waals surface area contributed by atoms with Crippen LogP contribution < -0.4 is 0 Å². The lowest BCUT2D eigenvalue weighted by molar-refractivity contribution is 0.113. The van der Waals surface area contributed by atoms with Gasteiger partial charge in [0.2, 0.25) is 0 Å². The van der Waals surface area contributed by atoms with E-state index < -0.39 is 12.9 Å². The van der Waals surface area contributed by atoms with E-state index in [1.54, 1.807) is 0 Å². The molecule has 2 atom stereocenters. The molecule has 3 nitrogen and oxygen atoms in total. The Morgan fingerprint density at radius 3 is 3.00 bits per heavy atom. The molecule has 2 unspecified atom stereocenters. The minimum atomic E-state index is -0.708. The Hall–Kier alpha value is -0.800. The normalized spacial score (nSPS) is 34.8. The molecular weight excluding hydrogens is 161 g/mol. The van der Waals surface area contributed by atoms with Gasteiger partial charge in [-0.1, -0.05) is 6.42 Å². The van der Waals surface area contributed by atoms with Crippen molar-refractivity contribution in [3.05, 3.63) is 0 Å². The van der Waals surface area contributed by atoms with Crippen LogP contribution >= 0.6 is 0 Å². The molecule has 1 aliphatic carbocycles. The summed E-state index contributed by atoms with van der Waals surface area (Å²) in [4.78, 5) is 12.2. The molecule has 0 N–H and O–H groups in total. The van der Waals surface area contributed by atoms with Crippen molar-refractivity contribution in [2.24, 2.45) is 0 Å². The summed E-state index contributed by atoms with van der Waals surface area (Å²) in [6.07, 6.45) is 3.44. The molecule has 1 amide bonds. The second kappa shape index (κ2) is 2.92. The van der Waals surface area contributed by atoms with Crippen LogP contribution in [0.4, 0.5) is 9.18 Å². The van der Waals surface area contributed by atoms with Crippen LogP contribution in [0.25, 0.3) is 0 Å². The highest BCUT2D eigenvalue weighted by molar-refractivity contribution is 5.70. The third-order valence-corrected chi connectivity index (χ3v) is 2.68. The van der Waals surface area contributed by atoms with Gasteiger partial charge >= 0.3 is 6.09 Å². The first kappa shape index (κ1) is 7.83. The minimum Gasteiger partial charge on any atom is -0.444 e. The molecule has 1 saturated heterocycles. The molecule has 1 heterocycles. The Morgan fingerprint density at radius 2 is 2.25 bits per heavy atom. The van der Waals surface area contributed by atoms with Crippen molar-refractivity contribution in [2.75, 3.05) is 6.80 Å². The van der Waals surface area contributed by atoms with Crippen LogP contribution in [-0.2, 0) is 4.74 Å². The van der Waals surface area contributed by atoms with Gasteiger partial charge in [0, 0.05) is 0 Å². The molecule has 0 bridgehead atoms. The second-order valence-electron chi connectivity index (χ2n) is 3.36. The van der Waals surface area contributed by atoms with Crippen molar-refractivity contribution in [1.82, 2.24) is 4.90 Å². The summed E-state index contributed by atoms with van der Waals surface area (Å²) >= 11 is 0. The lowest BCUT2D eigenvalue weighted by Gasteiger charge is -2.25. The first-order valence-corrected chi connectivity index (χ1v) is 4.36. The number of alkyl halides is 1. The van der Waals surface area contributed by atoms with Crippen LogP contribution in [0.3, 0.4) is 0 Å². The summed E-state index contributed by atoms with van der Waals surface area (Å²) in [5, 5.41) is 0. The number of hydrogen-bond donors (Lipinski definition) is 0. The van der Waals surface area contributed by atoms with Crippen LogP contribution in [0.15, 0.2) is 0 Å². The average Bonchev–Trinajstić information content (AvgIpc) is 2.40. The molecule has 68 valence electrons. The predicted molar refractivity (Wildman–Crippen MR) is 40.3 cm³/mol. The fourth-order valence-corrected chi connectivity index (χ4v) is 2.04. The Morgan fingerprint density at radius 1 is 1.50 bits per heavy atom. The smallest absolute Gasteiger partial charge is 0.412 e. The fraction of sp³-hybridized carbons (Fsp3) is 0.875. The highest BCUT2D eigenvalue weighted by Gasteiger charge is 2.42. The Labute approximate surface area is 70.5 Å². The summed E-state index contributed by atoms with van der Waals surface area (Å²) in [6.45, 7) is -0.708. The molecule has 1 saturated carbocycles. The number of carbonyl (C=O) groups excluding carboxylic acids is 1. The van der Waals surface area contributed by atoms with Crippen LogP contribution in [-0.4, -0.2) is 29.9 Å². The molecule has 2 fully saturated rings. The highest BCUT2D eigenvalue weighted by Crippen LogP contribution is 2.31. The van der Waals surface area contributed by atoms with Crippen LogP contribution in [0.2, 0.25) is 0 Å². The van der Waals surface area contributed by atoms with Gasteiger partial charge in [-0.05, 0) is 19.3 Å². The van der Waals surface area contributed by atoms with E-state index in [2.05, 4.69) is 0 Å². The monoisotopic (exact) mass is 173 g/mol. The van der Waals surface area contributed by atoms with E-state index in [1.807, 2.05) is 0 Å². The maximum atomic E-state index is 12.3. The molecule has 0 aromatic carbocycles. The quantitative estimate of drug-likeness (QED) is 0.564. The number of halogens is 1. The summed E-state index contributed by atoms with van der Waals surface area (Å²) in [5.74, 6) is 0. The van der Waals surface area contributed by atoms with E-state index in [9.17, 15) is 9.18 Å². The lowest BCUT2D eigenvalue weighted by Crippen LogP contribution is -2.37. The first-order valence-electron chi connectivity index (χ1n) is 4.36. The van der Waals surface area contributed by atoms with E-state index in [-0.39, 0.29) is 12.1 Å². The molecule has 0 radical (unpaired) electrons. The van der Waals surface area contributed by atoms with Gasteiger partial charge in [-0.2, -0.15) is 0 Å². The number of rotatable bonds is 1. The highest BCUT2D eigenvalue weighted by atomic mass is 19.1. The van der Waals surface area contributed by atoms with Crippen molar-refractivity contribution in [2.45, 2.75) is 37.8 Å². The number of hydrogen-bond acceptors (Lipinski definition) is 2. The molecule has 0 aromatic rings. The van der Waals surface area contributed by atoms with Gasteiger partial charge in [-0.25, -0.2) is 9.18 Å². The topological polar surface area (TPSA) is 29.5 Å². The number of fused-ring (bicyclic) bond motifs is 1. The standard InChI is InChI=1S/C8H12FNO2/c9-5-10-6-3-1-2-4-7(6)12-8(10)11/h6-7H,1-5H2. The zero-order valence-electron chi connectivity index (χ0n) is 6.83. The van der Waals surface area contributed by atoms with Gasteiger partial charge < -0.3 is 4.74 Å². The third kappa shape index (κ3) is 1.06. The van der Waals surface area contributed by atoms with E-state index >= 15 is 0 Å². The molecule has 12 heavy (non-hydrogen) atoms. The van der Waals surface area contributed by atoms with Gasteiger partial charge in [0.1, 0.15) is 6.10 Å². The van der Waals surface area contributed by atoms with Gasteiger partial charge in [0.25, 0.3) is 0 Å². The third-order valence-electron chi connectivity index (χ3n) is 2.68. The fourth-order valence-electron chi connectivity index (χ4n) is 2.04. The predicted octanol–water partition coefficient (Wildman–Crippen LogP) is 1.68. The van der Waals surface area contributed by atoms with Gasteiger partial charge in [-0.15, -0.1) is 0 Å². The summed E-state index contributed by atoms with van der Waals surface area (Å²) in [7, 11) is 0. The van der Waals surface area contributed by atoms with Crippen molar-refractivity contribution in [3.63, 3.8) is 0 Å². The van der Waals surface area contributed by atoms with Crippen LogP contribution in [0.1, 0.15) is 25.7 Å². The van der Waals surface area contributed by atoms with Gasteiger partial charge in [0.15, 0.2) is 6.80 Å². The zero-order chi connectivity index (χ0) is 8.55. The molecule has 4 heteroatoms. The van der Waals surface area contributed by atoms with Gasteiger partial charge in [-0.3, -0.25) is 4.90 Å². The van der Waals surface area contributed by atoms with E-state index in [4.69, 9.17) is 4.74 Å². The van der Waals surface area contributed by atoms with E-state index in [0.29, 0.717) is 0 Å². The van der Waals surface area contributed by atoms with Crippen LogP contribution in [0, 0.1) is 0 Å². The molecule has 2 aliphatic rings. The van der Waals surface area contributed by atoms with Crippen molar-refractivity contribution in [1.29, 1.82) is 0 Å². The van der Waals surface area contributed by atoms with Crippen LogP contribution in [0.5, 0.6) is 0 Å².